The van der Waals surface area contributed by atoms with E-state index < -0.39 is 0 Å². The van der Waals surface area contributed by atoms with Gasteiger partial charge in [-0.1, -0.05) is 6.42 Å². The molecule has 1 amide bonds. The van der Waals surface area contributed by atoms with Crippen LogP contribution in [0.1, 0.15) is 36.2 Å². The number of piperidine rings is 1. The molecule has 3 heterocycles. The Kier molecular flexibility index (Phi) is 6.05. The lowest BCUT2D eigenvalue weighted by Gasteiger charge is -2.26. The number of furan rings is 1. The molecule has 6 nitrogen and oxygen atoms in total. The van der Waals surface area contributed by atoms with Crippen LogP contribution < -0.4 is 10.6 Å². The molecule has 4 rings (SSSR count). The average Bonchev–Trinajstić information content (AvgIpc) is 3.22. The number of anilines is 2. The van der Waals surface area contributed by atoms with Crippen molar-refractivity contribution in [3.63, 3.8) is 0 Å². The van der Waals surface area contributed by atoms with Gasteiger partial charge in [0.05, 0.1) is 11.6 Å². The number of aromatic nitrogens is 1. The maximum absolute atomic E-state index is 13.2. The summed E-state index contributed by atoms with van der Waals surface area (Å²) in [6.45, 7) is 3.92. The molecule has 2 aromatic heterocycles. The molecule has 0 spiro atoms. The highest BCUT2D eigenvalue weighted by molar-refractivity contribution is 5.99. The Bertz CT molecular complexity index is 965. The van der Waals surface area contributed by atoms with Gasteiger partial charge in [-0.25, -0.2) is 9.37 Å². The van der Waals surface area contributed by atoms with E-state index in [2.05, 4.69) is 20.5 Å². The maximum Gasteiger partial charge on any atom is 0.270 e. The second-order valence-corrected chi connectivity index (χ2v) is 7.33. The molecular formula is C22H25FN4O2. The quantitative estimate of drug-likeness (QED) is 0.582. The zero-order valence-electron chi connectivity index (χ0n) is 16.3. The minimum atomic E-state index is -0.311. The van der Waals surface area contributed by atoms with Crippen LogP contribution in [-0.2, 0) is 0 Å². The highest BCUT2D eigenvalue weighted by Gasteiger charge is 2.15. The highest BCUT2D eigenvalue weighted by Crippen LogP contribution is 2.26. The molecule has 1 fully saturated rings. The van der Waals surface area contributed by atoms with E-state index in [0.29, 0.717) is 23.6 Å². The van der Waals surface area contributed by atoms with Crippen molar-refractivity contribution >= 4 is 28.4 Å². The molecule has 29 heavy (non-hydrogen) atoms. The molecule has 1 saturated heterocycles. The Morgan fingerprint density at radius 3 is 2.72 bits per heavy atom. The van der Waals surface area contributed by atoms with Gasteiger partial charge in [0.2, 0.25) is 0 Å². The van der Waals surface area contributed by atoms with Crippen molar-refractivity contribution < 1.29 is 13.6 Å². The molecule has 3 aromatic rings. The zero-order valence-corrected chi connectivity index (χ0v) is 16.3. The third-order valence-corrected chi connectivity index (χ3v) is 5.18. The summed E-state index contributed by atoms with van der Waals surface area (Å²) in [5.74, 6) is -0.0416. The molecule has 1 aliphatic rings. The third kappa shape index (κ3) is 4.92. The van der Waals surface area contributed by atoms with Gasteiger partial charge in [-0.15, -0.1) is 0 Å². The summed E-state index contributed by atoms with van der Waals surface area (Å²) in [4.78, 5) is 19.5. The van der Waals surface area contributed by atoms with Crippen LogP contribution in [0.15, 0.2) is 47.1 Å². The van der Waals surface area contributed by atoms with Crippen molar-refractivity contribution in [2.24, 2.45) is 0 Å². The van der Waals surface area contributed by atoms with Crippen LogP contribution in [0.2, 0.25) is 0 Å². The molecule has 7 heteroatoms. The van der Waals surface area contributed by atoms with Gasteiger partial charge in [0.1, 0.15) is 22.9 Å². The van der Waals surface area contributed by atoms with Gasteiger partial charge in [0, 0.05) is 18.3 Å². The van der Waals surface area contributed by atoms with Crippen LogP contribution in [-0.4, -0.2) is 42.0 Å². The Morgan fingerprint density at radius 1 is 1.14 bits per heavy atom. The van der Waals surface area contributed by atoms with Gasteiger partial charge >= 0.3 is 0 Å². The molecule has 0 aliphatic carbocycles. The number of nitrogens with zero attached hydrogens (tertiary/aromatic N) is 2. The molecule has 0 bridgehead atoms. The van der Waals surface area contributed by atoms with Crippen molar-refractivity contribution in [1.82, 2.24) is 15.2 Å². The summed E-state index contributed by atoms with van der Waals surface area (Å²) in [5, 5.41) is 6.85. The van der Waals surface area contributed by atoms with E-state index in [9.17, 15) is 9.18 Å². The molecule has 0 unspecified atom stereocenters. The van der Waals surface area contributed by atoms with Gasteiger partial charge in [0.25, 0.3) is 5.91 Å². The van der Waals surface area contributed by atoms with Crippen LogP contribution in [0.4, 0.5) is 15.9 Å². The predicted molar refractivity (Wildman–Crippen MR) is 111 cm³/mol. The van der Waals surface area contributed by atoms with Crippen molar-refractivity contribution in [1.29, 1.82) is 0 Å². The van der Waals surface area contributed by atoms with E-state index in [1.165, 1.54) is 31.4 Å². The van der Waals surface area contributed by atoms with E-state index in [-0.39, 0.29) is 17.4 Å². The first-order valence-corrected chi connectivity index (χ1v) is 10.1. The summed E-state index contributed by atoms with van der Waals surface area (Å²) in [6.07, 6.45) is 6.33. The third-order valence-electron chi connectivity index (χ3n) is 5.18. The summed E-state index contributed by atoms with van der Waals surface area (Å²) >= 11 is 0. The molecule has 1 aromatic carbocycles. The smallest absolute Gasteiger partial charge is 0.270 e. The fourth-order valence-electron chi connectivity index (χ4n) is 3.63. The van der Waals surface area contributed by atoms with Crippen molar-refractivity contribution in [2.45, 2.75) is 25.7 Å². The number of pyridine rings is 1. The highest BCUT2D eigenvalue weighted by atomic mass is 19.1. The van der Waals surface area contributed by atoms with Crippen molar-refractivity contribution in [3.05, 3.63) is 54.2 Å². The number of carbonyl (C=O) groups is 1. The molecule has 0 atom stereocenters. The van der Waals surface area contributed by atoms with Gasteiger partial charge < -0.3 is 20.0 Å². The topological polar surface area (TPSA) is 70.4 Å². The van der Waals surface area contributed by atoms with E-state index in [0.717, 1.165) is 31.4 Å². The maximum atomic E-state index is 13.2. The second-order valence-electron chi connectivity index (χ2n) is 7.33. The lowest BCUT2D eigenvalue weighted by molar-refractivity contribution is 0.0946. The van der Waals surface area contributed by atoms with Gasteiger partial charge in [-0.3, -0.25) is 4.79 Å². The fourth-order valence-corrected chi connectivity index (χ4v) is 3.63. The second kappa shape index (κ2) is 9.05. The number of rotatable bonds is 7. The first kappa shape index (κ1) is 19.4. The van der Waals surface area contributed by atoms with E-state index in [1.54, 1.807) is 30.5 Å². The molecule has 2 N–H and O–H groups in total. The summed E-state index contributed by atoms with van der Waals surface area (Å²) in [5.41, 5.74) is 1.54. The number of hydrogen-bond acceptors (Lipinski definition) is 5. The lowest BCUT2D eigenvalue weighted by atomic mass is 10.1. The Morgan fingerprint density at radius 2 is 1.93 bits per heavy atom. The van der Waals surface area contributed by atoms with E-state index >= 15 is 0 Å². The van der Waals surface area contributed by atoms with Gasteiger partial charge in [-0.2, -0.15) is 0 Å². The first-order valence-electron chi connectivity index (χ1n) is 10.1. The minimum absolute atomic E-state index is 0.232. The monoisotopic (exact) mass is 396 g/mol. The summed E-state index contributed by atoms with van der Waals surface area (Å²) in [7, 11) is 0. The van der Waals surface area contributed by atoms with Crippen LogP contribution in [0.5, 0.6) is 0 Å². The zero-order chi connectivity index (χ0) is 20.1. The number of hydrogen-bond donors (Lipinski definition) is 2. The number of halogens is 1. The summed E-state index contributed by atoms with van der Waals surface area (Å²) in [6, 6.07) is 9.41. The molecule has 1 aliphatic heterocycles. The van der Waals surface area contributed by atoms with Gasteiger partial charge in [0.15, 0.2) is 0 Å². The average molecular weight is 396 g/mol. The van der Waals surface area contributed by atoms with E-state index in [4.69, 9.17) is 4.42 Å². The number of amides is 1. The Balaban J connectivity index is 1.41. The van der Waals surface area contributed by atoms with Crippen LogP contribution in [0.3, 0.4) is 0 Å². The van der Waals surface area contributed by atoms with Crippen molar-refractivity contribution in [2.75, 3.05) is 31.5 Å². The minimum Gasteiger partial charge on any atom is -0.464 e. The number of fused-ring (bicyclic) bond motifs is 1. The number of likely N-dealkylation sites (tertiary alicyclic amines) is 1. The predicted octanol–water partition coefficient (Wildman–Crippen LogP) is 4.32. The fraction of sp³-hybridized carbons (Fsp3) is 0.364. The first-order chi connectivity index (χ1) is 14.2. The van der Waals surface area contributed by atoms with E-state index in [1.807, 2.05) is 0 Å². The van der Waals surface area contributed by atoms with Crippen LogP contribution >= 0.6 is 0 Å². The standard InChI is InChI=1S/C22H25FN4O2/c23-16-5-7-17(8-6-16)25-21-18-9-14-29-20(18)15-19(26-21)22(28)24-10-4-13-27-11-2-1-3-12-27/h5-9,14-15H,1-4,10-13H2,(H,24,28)(H,25,26). The lowest BCUT2D eigenvalue weighted by Crippen LogP contribution is -2.33. The molecular weight excluding hydrogens is 371 g/mol. The number of carbonyl (C=O) groups excluding carboxylic acids is 1. The number of benzene rings is 1. The van der Waals surface area contributed by atoms with Crippen LogP contribution in [0.25, 0.3) is 11.0 Å². The molecule has 152 valence electrons. The Hall–Kier alpha value is -2.93. The van der Waals surface area contributed by atoms with Crippen LogP contribution in [0, 0.1) is 5.82 Å². The van der Waals surface area contributed by atoms with Crippen molar-refractivity contribution in [3.8, 4) is 0 Å². The summed E-state index contributed by atoms with van der Waals surface area (Å²) < 4.78 is 18.6. The number of nitrogens with one attached hydrogen (secondary N) is 2. The normalized spacial score (nSPS) is 14.8. The SMILES string of the molecule is O=C(NCCCN1CCCCC1)c1cc2occc2c(Nc2ccc(F)cc2)n1. The molecule has 0 radical (unpaired) electrons. The largest absolute Gasteiger partial charge is 0.464 e. The molecule has 0 saturated carbocycles. The Labute approximate surface area is 169 Å². The van der Waals surface area contributed by atoms with Gasteiger partial charge in [-0.05, 0) is 69.2 Å².